The Hall–Kier alpha value is -0.640. The molecule has 0 aliphatic carbocycles. The minimum absolute atomic E-state index is 0.168. The van der Waals surface area contributed by atoms with Crippen molar-refractivity contribution in [3.8, 4) is 0 Å². The summed E-state index contributed by atoms with van der Waals surface area (Å²) in [6.07, 6.45) is 2.27. The van der Waals surface area contributed by atoms with Crippen LogP contribution in [0.5, 0.6) is 0 Å². The zero-order chi connectivity index (χ0) is 11.9. The van der Waals surface area contributed by atoms with Crippen molar-refractivity contribution >= 4 is 13.6 Å². The minimum Gasteiger partial charge on any atom is -0.463 e. The molecule has 0 heterocycles. The van der Waals surface area contributed by atoms with E-state index in [0.717, 1.165) is 6.08 Å². The summed E-state index contributed by atoms with van der Waals surface area (Å²) in [7, 11) is -4.01. The lowest BCUT2D eigenvalue weighted by molar-refractivity contribution is -0.137. The van der Waals surface area contributed by atoms with E-state index in [0.29, 0.717) is 19.3 Å². The molecule has 0 rings (SSSR count). The zero-order valence-electron chi connectivity index (χ0n) is 8.76. The molecule has 2 N–H and O–H groups in total. The van der Waals surface area contributed by atoms with Crippen LogP contribution in [0.2, 0.25) is 0 Å². The summed E-state index contributed by atoms with van der Waals surface area (Å²) >= 11 is 0. The molecule has 0 amide bonds. The number of hydrogen-bond acceptors (Lipinski definition) is 3. The molecule has 5 nitrogen and oxygen atoms in total. The Balaban J connectivity index is 3.79. The third kappa shape index (κ3) is 6.44. The second kappa shape index (κ2) is 6.77. The molecule has 0 aliphatic rings. The van der Waals surface area contributed by atoms with E-state index >= 15 is 0 Å². The van der Waals surface area contributed by atoms with E-state index in [2.05, 4.69) is 11.3 Å². The van der Waals surface area contributed by atoms with E-state index in [9.17, 15) is 9.36 Å². The fraction of sp³-hybridized carbons (Fsp3) is 0.667. The number of ether oxygens (including phenoxy) is 1. The Morgan fingerprint density at radius 3 is 2.60 bits per heavy atom. The highest BCUT2D eigenvalue weighted by atomic mass is 31.2. The molecule has 0 aromatic rings. The van der Waals surface area contributed by atoms with Crippen molar-refractivity contribution in [3.63, 3.8) is 0 Å². The first-order valence-electron chi connectivity index (χ1n) is 4.76. The average Bonchev–Trinajstić information content (AvgIpc) is 2.15. The van der Waals surface area contributed by atoms with Gasteiger partial charge in [-0.1, -0.05) is 13.5 Å². The Labute approximate surface area is 89.3 Å². The monoisotopic (exact) mass is 236 g/mol. The molecule has 0 bridgehead atoms. The van der Waals surface area contributed by atoms with Gasteiger partial charge in [-0.3, -0.25) is 4.57 Å². The quantitative estimate of drug-likeness (QED) is 0.302. The number of hydrogen-bond donors (Lipinski definition) is 2. The Morgan fingerprint density at radius 2 is 2.20 bits per heavy atom. The molecule has 0 aromatic heterocycles. The normalized spacial score (nSPS) is 13.3. The topological polar surface area (TPSA) is 83.8 Å². The summed E-state index contributed by atoms with van der Waals surface area (Å²) < 4.78 is 15.6. The number of carbonyl (C=O) groups is 1. The van der Waals surface area contributed by atoms with Gasteiger partial charge in [0.2, 0.25) is 0 Å². The first-order valence-corrected chi connectivity index (χ1v) is 6.44. The average molecular weight is 236 g/mol. The van der Waals surface area contributed by atoms with Gasteiger partial charge in [0.25, 0.3) is 0 Å². The van der Waals surface area contributed by atoms with Gasteiger partial charge < -0.3 is 14.5 Å². The Bertz CT molecular complexity index is 257. The van der Waals surface area contributed by atoms with E-state index in [1.54, 1.807) is 6.92 Å². The molecule has 0 aromatic carbocycles. The summed E-state index contributed by atoms with van der Waals surface area (Å²) in [5.74, 6) is -0.515. The van der Waals surface area contributed by atoms with Crippen molar-refractivity contribution in [1.29, 1.82) is 0 Å². The third-order valence-corrected chi connectivity index (χ3v) is 3.61. The molecular weight excluding hydrogens is 219 g/mol. The molecule has 0 aliphatic heterocycles. The number of esters is 1. The van der Waals surface area contributed by atoms with Crippen LogP contribution in [0.15, 0.2) is 12.7 Å². The lowest BCUT2D eigenvalue weighted by atomic mass is 10.2. The molecule has 1 unspecified atom stereocenters. The maximum Gasteiger partial charge on any atom is 0.330 e. The second-order valence-corrected chi connectivity index (χ2v) is 5.07. The fourth-order valence-electron chi connectivity index (χ4n) is 1.16. The molecule has 6 heteroatoms. The first kappa shape index (κ1) is 14.4. The summed E-state index contributed by atoms with van der Waals surface area (Å²) in [5, 5.41) is 0. The Kier molecular flexibility index (Phi) is 6.48. The molecule has 0 spiro atoms. The van der Waals surface area contributed by atoms with Crippen molar-refractivity contribution in [2.45, 2.75) is 31.8 Å². The standard InChI is InChI=1S/C9H17O5P/c1-3-8(15(11,12)13)6-5-7-14-9(10)4-2/h4,8H,2-3,5-7H2,1H3,(H2,11,12,13). The fourth-order valence-corrected chi connectivity index (χ4v) is 2.16. The second-order valence-electron chi connectivity index (χ2n) is 3.17. The molecule has 0 radical (unpaired) electrons. The van der Waals surface area contributed by atoms with Crippen molar-refractivity contribution in [1.82, 2.24) is 0 Å². The van der Waals surface area contributed by atoms with E-state index in [4.69, 9.17) is 9.79 Å². The zero-order valence-corrected chi connectivity index (χ0v) is 9.65. The van der Waals surface area contributed by atoms with E-state index < -0.39 is 19.2 Å². The molecule has 0 saturated heterocycles. The van der Waals surface area contributed by atoms with Crippen LogP contribution >= 0.6 is 7.60 Å². The maximum atomic E-state index is 10.9. The van der Waals surface area contributed by atoms with E-state index in [1.807, 2.05) is 0 Å². The van der Waals surface area contributed by atoms with Gasteiger partial charge in [0.05, 0.1) is 12.3 Å². The SMILES string of the molecule is C=CC(=O)OCCCC(CC)P(=O)(O)O. The van der Waals surface area contributed by atoms with Gasteiger partial charge in [-0.15, -0.1) is 0 Å². The molecule has 15 heavy (non-hydrogen) atoms. The maximum absolute atomic E-state index is 10.9. The van der Waals surface area contributed by atoms with E-state index in [1.165, 1.54) is 0 Å². The predicted octanol–water partition coefficient (Wildman–Crippen LogP) is 1.45. The summed E-state index contributed by atoms with van der Waals surface area (Å²) in [4.78, 5) is 28.5. The lowest BCUT2D eigenvalue weighted by Crippen LogP contribution is -2.09. The predicted molar refractivity (Wildman–Crippen MR) is 56.5 cm³/mol. The van der Waals surface area contributed by atoms with Crippen LogP contribution < -0.4 is 0 Å². The molecule has 0 fully saturated rings. The van der Waals surface area contributed by atoms with E-state index in [-0.39, 0.29) is 6.61 Å². The van der Waals surface area contributed by atoms with Crippen LogP contribution in [0.3, 0.4) is 0 Å². The van der Waals surface area contributed by atoms with Crippen LogP contribution in [0, 0.1) is 0 Å². The summed E-state index contributed by atoms with van der Waals surface area (Å²) in [6.45, 7) is 5.12. The van der Waals surface area contributed by atoms with Gasteiger partial charge in [-0.25, -0.2) is 4.79 Å². The van der Waals surface area contributed by atoms with Crippen LogP contribution in [0.4, 0.5) is 0 Å². The molecule has 88 valence electrons. The molecule has 1 atom stereocenters. The summed E-state index contributed by atoms with van der Waals surface area (Å²) in [5.41, 5.74) is -0.639. The highest BCUT2D eigenvalue weighted by Gasteiger charge is 2.26. The van der Waals surface area contributed by atoms with Gasteiger partial charge in [-0.2, -0.15) is 0 Å². The van der Waals surface area contributed by atoms with Gasteiger partial charge in [-0.05, 0) is 19.3 Å². The van der Waals surface area contributed by atoms with Gasteiger partial charge in [0, 0.05) is 6.08 Å². The van der Waals surface area contributed by atoms with Crippen molar-refractivity contribution < 1.29 is 23.9 Å². The van der Waals surface area contributed by atoms with Crippen LogP contribution in [-0.2, 0) is 14.1 Å². The minimum atomic E-state index is -4.01. The first-order chi connectivity index (χ1) is 6.91. The molecular formula is C9H17O5P. The van der Waals surface area contributed by atoms with Crippen LogP contribution in [0.25, 0.3) is 0 Å². The van der Waals surface area contributed by atoms with Gasteiger partial charge >= 0.3 is 13.6 Å². The van der Waals surface area contributed by atoms with Crippen molar-refractivity contribution in [2.75, 3.05) is 6.61 Å². The highest BCUT2D eigenvalue weighted by Crippen LogP contribution is 2.44. The van der Waals surface area contributed by atoms with Gasteiger partial charge in [0.15, 0.2) is 0 Å². The number of rotatable bonds is 7. The van der Waals surface area contributed by atoms with Crippen LogP contribution in [0.1, 0.15) is 26.2 Å². The number of carbonyl (C=O) groups excluding carboxylic acids is 1. The Morgan fingerprint density at radius 1 is 1.60 bits per heavy atom. The summed E-state index contributed by atoms with van der Waals surface area (Å²) in [6, 6.07) is 0. The van der Waals surface area contributed by atoms with Crippen molar-refractivity contribution in [2.24, 2.45) is 0 Å². The third-order valence-electron chi connectivity index (χ3n) is 2.04. The van der Waals surface area contributed by atoms with Crippen molar-refractivity contribution in [3.05, 3.63) is 12.7 Å². The lowest BCUT2D eigenvalue weighted by Gasteiger charge is -2.15. The largest absolute Gasteiger partial charge is 0.463 e. The van der Waals surface area contributed by atoms with Crippen LogP contribution in [-0.4, -0.2) is 28.0 Å². The molecule has 0 saturated carbocycles. The smallest absolute Gasteiger partial charge is 0.330 e. The highest BCUT2D eigenvalue weighted by molar-refractivity contribution is 7.52. The van der Waals surface area contributed by atoms with Gasteiger partial charge in [0.1, 0.15) is 0 Å².